The number of ketones is 1. The number of Topliss-reactive ketones (excluding diaryl/α,β-unsaturated/α-hetero) is 1. The second-order valence-corrected chi connectivity index (χ2v) is 8.79. The first kappa shape index (κ1) is 21.4. The topological polar surface area (TPSA) is 98.8 Å². The van der Waals surface area contributed by atoms with Crippen molar-refractivity contribution in [2.24, 2.45) is 0 Å². The molecule has 8 heteroatoms. The van der Waals surface area contributed by atoms with Gasteiger partial charge in [0.25, 0.3) is 0 Å². The molecule has 0 unspecified atom stereocenters. The first-order chi connectivity index (χ1) is 12.9. The molecule has 150 valence electrons. The van der Waals surface area contributed by atoms with E-state index in [0.717, 1.165) is 5.56 Å². The molecule has 0 aromatic heterocycles. The predicted octanol–water partition coefficient (Wildman–Crippen LogP) is 4.31. The molecule has 0 aliphatic carbocycles. The van der Waals surface area contributed by atoms with Crippen molar-refractivity contribution < 1.29 is 26.9 Å². The van der Waals surface area contributed by atoms with E-state index in [4.69, 9.17) is 8.92 Å². The largest absolute Gasteiger partial charge is 0.444 e. The second-order valence-electron chi connectivity index (χ2n) is 7.24. The fraction of sp³-hybridized carbons (Fsp3) is 0.300. The van der Waals surface area contributed by atoms with E-state index < -0.39 is 21.8 Å². The van der Waals surface area contributed by atoms with Gasteiger partial charge in [-0.15, -0.1) is 0 Å². The number of hydrogen-bond donors (Lipinski definition) is 1. The maximum Gasteiger partial charge on any atom is 0.412 e. The highest BCUT2D eigenvalue weighted by Crippen LogP contribution is 2.30. The number of rotatable bonds is 5. The molecule has 0 radical (unpaired) electrons. The summed E-state index contributed by atoms with van der Waals surface area (Å²) in [5, 5.41) is 2.45. The molecule has 0 bridgehead atoms. The van der Waals surface area contributed by atoms with Gasteiger partial charge in [-0.05, 0) is 65.0 Å². The zero-order valence-corrected chi connectivity index (χ0v) is 17.2. The van der Waals surface area contributed by atoms with Crippen LogP contribution in [0.4, 0.5) is 10.5 Å². The average molecular weight is 405 g/mol. The van der Waals surface area contributed by atoms with Crippen LogP contribution in [0.1, 0.15) is 43.6 Å². The third-order valence-corrected chi connectivity index (χ3v) is 4.78. The van der Waals surface area contributed by atoms with Gasteiger partial charge in [0.15, 0.2) is 11.5 Å². The number of ether oxygens (including phenoxy) is 1. The van der Waals surface area contributed by atoms with Gasteiger partial charge in [0.2, 0.25) is 0 Å². The van der Waals surface area contributed by atoms with E-state index in [0.29, 0.717) is 0 Å². The van der Waals surface area contributed by atoms with Crippen LogP contribution in [0, 0.1) is 6.92 Å². The van der Waals surface area contributed by atoms with Crippen molar-refractivity contribution in [1.29, 1.82) is 0 Å². The number of carbonyl (C=O) groups excluding carboxylic acids is 2. The van der Waals surface area contributed by atoms with Crippen LogP contribution in [-0.4, -0.2) is 25.9 Å². The van der Waals surface area contributed by atoms with Crippen molar-refractivity contribution in [3.05, 3.63) is 53.6 Å². The fourth-order valence-corrected chi connectivity index (χ4v) is 3.14. The van der Waals surface area contributed by atoms with Crippen LogP contribution in [-0.2, 0) is 14.9 Å². The summed E-state index contributed by atoms with van der Waals surface area (Å²) in [5.41, 5.74) is 0.460. The number of amides is 1. The summed E-state index contributed by atoms with van der Waals surface area (Å²) in [5.74, 6) is -0.458. The van der Waals surface area contributed by atoms with E-state index in [2.05, 4.69) is 5.32 Å². The van der Waals surface area contributed by atoms with Crippen LogP contribution in [0.5, 0.6) is 5.75 Å². The highest BCUT2D eigenvalue weighted by Gasteiger charge is 2.22. The third-order valence-electron chi connectivity index (χ3n) is 3.53. The summed E-state index contributed by atoms with van der Waals surface area (Å²) >= 11 is 0. The molecule has 7 nitrogen and oxygen atoms in total. The lowest BCUT2D eigenvalue weighted by molar-refractivity contribution is 0.0635. The minimum Gasteiger partial charge on any atom is -0.444 e. The average Bonchev–Trinajstić information content (AvgIpc) is 2.54. The Balaban J connectivity index is 2.39. The van der Waals surface area contributed by atoms with Crippen molar-refractivity contribution in [3.63, 3.8) is 0 Å². The van der Waals surface area contributed by atoms with Crippen LogP contribution < -0.4 is 9.50 Å². The molecule has 2 aromatic rings. The van der Waals surface area contributed by atoms with E-state index in [1.165, 1.54) is 37.3 Å². The van der Waals surface area contributed by atoms with Crippen molar-refractivity contribution >= 4 is 27.7 Å². The van der Waals surface area contributed by atoms with E-state index in [1.807, 2.05) is 6.92 Å². The van der Waals surface area contributed by atoms with E-state index in [-0.39, 0.29) is 27.7 Å². The van der Waals surface area contributed by atoms with Crippen molar-refractivity contribution in [3.8, 4) is 5.75 Å². The Bertz CT molecular complexity index is 988. The maximum atomic E-state index is 12.6. The smallest absolute Gasteiger partial charge is 0.412 e. The summed E-state index contributed by atoms with van der Waals surface area (Å²) in [4.78, 5) is 23.7. The van der Waals surface area contributed by atoms with Gasteiger partial charge in [-0.3, -0.25) is 10.1 Å². The number of anilines is 1. The molecule has 0 saturated carbocycles. The van der Waals surface area contributed by atoms with Crippen LogP contribution in [0.15, 0.2) is 47.4 Å². The number of aryl methyl sites for hydroxylation is 1. The van der Waals surface area contributed by atoms with Gasteiger partial charge in [-0.2, -0.15) is 8.42 Å². The predicted molar refractivity (Wildman–Crippen MR) is 105 cm³/mol. The normalized spacial score (nSPS) is 11.6. The summed E-state index contributed by atoms with van der Waals surface area (Å²) in [7, 11) is -4.17. The zero-order valence-electron chi connectivity index (χ0n) is 16.4. The molecule has 2 aromatic carbocycles. The molecule has 0 aliphatic heterocycles. The second kappa shape index (κ2) is 8.02. The van der Waals surface area contributed by atoms with Crippen LogP contribution >= 0.6 is 0 Å². The van der Waals surface area contributed by atoms with Gasteiger partial charge in [0.05, 0.1) is 5.69 Å². The Labute approximate surface area is 164 Å². The Morgan fingerprint density at radius 3 is 2.14 bits per heavy atom. The Kier molecular flexibility index (Phi) is 6.14. The van der Waals surface area contributed by atoms with E-state index >= 15 is 0 Å². The van der Waals surface area contributed by atoms with Gasteiger partial charge in [-0.1, -0.05) is 17.7 Å². The quantitative estimate of drug-likeness (QED) is 0.588. The standard InChI is InChI=1S/C20H23NO6S/c1-13-6-9-16(10-7-13)28(24,25)27-18-12-15(14(2)22)8-11-17(18)21-19(23)26-20(3,4)5/h6-12H,1-5H3,(H,21,23). The van der Waals surface area contributed by atoms with E-state index in [9.17, 15) is 18.0 Å². The monoisotopic (exact) mass is 405 g/mol. The van der Waals surface area contributed by atoms with Crippen molar-refractivity contribution in [2.75, 3.05) is 5.32 Å². The molecular formula is C20H23NO6S. The van der Waals surface area contributed by atoms with Crippen molar-refractivity contribution in [1.82, 2.24) is 0 Å². The molecule has 28 heavy (non-hydrogen) atoms. The van der Waals surface area contributed by atoms with Gasteiger partial charge in [0.1, 0.15) is 10.5 Å². The molecule has 1 N–H and O–H groups in total. The molecule has 0 atom stereocenters. The van der Waals surface area contributed by atoms with Crippen LogP contribution in [0.2, 0.25) is 0 Å². The van der Waals surface area contributed by atoms with Crippen LogP contribution in [0.3, 0.4) is 0 Å². The zero-order chi connectivity index (χ0) is 21.1. The van der Waals surface area contributed by atoms with E-state index in [1.54, 1.807) is 32.9 Å². The summed E-state index contributed by atoms with van der Waals surface area (Å²) in [6.07, 6.45) is -0.777. The number of carbonyl (C=O) groups is 2. The minimum atomic E-state index is -4.17. The summed E-state index contributed by atoms with van der Waals surface area (Å²) in [6.45, 7) is 8.27. The first-order valence-corrected chi connectivity index (χ1v) is 9.94. The Morgan fingerprint density at radius 2 is 1.61 bits per heavy atom. The molecule has 0 heterocycles. The number of benzene rings is 2. The lowest BCUT2D eigenvalue weighted by Gasteiger charge is -2.20. The highest BCUT2D eigenvalue weighted by atomic mass is 32.2. The highest BCUT2D eigenvalue weighted by molar-refractivity contribution is 7.87. The third kappa shape index (κ3) is 5.82. The van der Waals surface area contributed by atoms with Crippen molar-refractivity contribution in [2.45, 2.75) is 45.1 Å². The fourth-order valence-electron chi connectivity index (χ4n) is 2.20. The SMILES string of the molecule is CC(=O)c1ccc(NC(=O)OC(C)(C)C)c(OS(=O)(=O)c2ccc(C)cc2)c1. The molecule has 0 fully saturated rings. The number of hydrogen-bond acceptors (Lipinski definition) is 6. The molecule has 2 rings (SSSR count). The van der Waals surface area contributed by atoms with Gasteiger partial charge in [-0.25, -0.2) is 4.79 Å². The Hall–Kier alpha value is -2.87. The van der Waals surface area contributed by atoms with Gasteiger partial charge >= 0.3 is 16.2 Å². The van der Waals surface area contributed by atoms with Crippen LogP contribution in [0.25, 0.3) is 0 Å². The van der Waals surface area contributed by atoms with Gasteiger partial charge in [0, 0.05) is 5.56 Å². The Morgan fingerprint density at radius 1 is 1.00 bits per heavy atom. The molecule has 0 aliphatic rings. The number of nitrogens with one attached hydrogen (secondary N) is 1. The first-order valence-electron chi connectivity index (χ1n) is 8.53. The molecule has 1 amide bonds. The summed E-state index contributed by atoms with van der Waals surface area (Å²) in [6, 6.07) is 10.2. The minimum absolute atomic E-state index is 0.0467. The maximum absolute atomic E-state index is 12.6. The van der Waals surface area contributed by atoms with Gasteiger partial charge < -0.3 is 8.92 Å². The molecule has 0 spiro atoms. The molecule has 0 saturated heterocycles. The molecular weight excluding hydrogens is 382 g/mol. The lowest BCUT2D eigenvalue weighted by atomic mass is 10.1. The summed E-state index contributed by atoms with van der Waals surface area (Å²) < 4.78 is 35.6. The lowest BCUT2D eigenvalue weighted by Crippen LogP contribution is -2.27.